The summed E-state index contributed by atoms with van der Waals surface area (Å²) in [6.45, 7) is 1.60. The summed E-state index contributed by atoms with van der Waals surface area (Å²) in [6.07, 6.45) is 11.8. The average Bonchev–Trinajstić information content (AvgIpc) is 3.97. The number of rotatable bonds is 14. The molecule has 2 saturated heterocycles. The molecule has 0 aromatic carbocycles. The first-order valence-corrected chi connectivity index (χ1v) is 23.8. The summed E-state index contributed by atoms with van der Waals surface area (Å²) in [5.74, 6) is -3.74. The summed E-state index contributed by atoms with van der Waals surface area (Å²) in [5, 5.41) is 39.9. The zero-order valence-corrected chi connectivity index (χ0v) is 38.4. The number of nitrogens with one attached hydrogen (secondary N) is 2. The predicted molar refractivity (Wildman–Crippen MR) is 237 cm³/mol. The smallest absolute Gasteiger partial charge is 0.352 e. The van der Waals surface area contributed by atoms with Crippen LogP contribution >= 0.6 is 46.2 Å². The number of carboxylic acids is 3. The molecule has 5 aliphatic rings. The number of thioether (sulfide) groups is 2. The van der Waals surface area contributed by atoms with Gasteiger partial charge in [0.1, 0.15) is 35.1 Å². The molecular weight excluding hydrogens is 903 g/mol. The van der Waals surface area contributed by atoms with Gasteiger partial charge in [0.15, 0.2) is 18.9 Å². The maximum atomic E-state index is 12.7. The van der Waals surface area contributed by atoms with Crippen molar-refractivity contribution in [3.05, 3.63) is 122 Å². The number of carbonyl (C=O) groups is 7. The molecule has 8 heterocycles. The number of likely N-dealkylation sites (N-methyl/N-ethyl adjacent to an activating group) is 1. The van der Waals surface area contributed by atoms with Crippen molar-refractivity contribution in [3.63, 3.8) is 0 Å². The lowest BCUT2D eigenvalue weighted by molar-refractivity contribution is -0.864. The molecule has 0 bridgehead atoms. The van der Waals surface area contributed by atoms with Gasteiger partial charge in [0.25, 0.3) is 11.8 Å². The van der Waals surface area contributed by atoms with Gasteiger partial charge in [-0.25, -0.2) is 9.36 Å². The van der Waals surface area contributed by atoms with Crippen molar-refractivity contribution < 1.29 is 57.9 Å². The number of carboxylic acid groups (broad SMARTS) is 3. The Hall–Kier alpha value is -5.74. The lowest BCUT2D eigenvalue weighted by Crippen LogP contribution is -2.71. The fourth-order valence-electron chi connectivity index (χ4n) is 7.21. The number of aliphatic carboxylic acids is 3. The molecule has 3 N–H and O–H groups in total. The molecule has 0 saturated carbocycles. The normalized spacial score (nSPS) is 21.0. The van der Waals surface area contributed by atoms with Crippen molar-refractivity contribution in [3.8, 4) is 0 Å². The molecule has 1 unspecified atom stereocenters. The van der Waals surface area contributed by atoms with E-state index in [4.69, 9.17) is 0 Å². The van der Waals surface area contributed by atoms with Crippen molar-refractivity contribution in [2.75, 3.05) is 52.3 Å². The monoisotopic (exact) mass is 949 g/mol. The highest BCUT2D eigenvalue weighted by molar-refractivity contribution is 8.00. The Morgan fingerprint density at radius 2 is 1.33 bits per heavy atom. The zero-order chi connectivity index (χ0) is 46.1. The van der Waals surface area contributed by atoms with Crippen LogP contribution in [0.3, 0.4) is 0 Å². The highest BCUT2D eigenvalue weighted by Crippen LogP contribution is 2.41. The molecule has 64 heavy (non-hydrogen) atoms. The molecule has 21 heteroatoms. The van der Waals surface area contributed by atoms with Crippen molar-refractivity contribution in [2.45, 2.75) is 42.2 Å². The first-order chi connectivity index (χ1) is 30.5. The van der Waals surface area contributed by atoms with Crippen molar-refractivity contribution in [2.24, 2.45) is 0 Å². The largest absolute Gasteiger partial charge is 0.544 e. The Balaban J connectivity index is 0.000000182. The average molecular weight is 950 g/mol. The molecule has 338 valence electrons. The number of allylic oxidation sites excluding steroid dienone is 2. The van der Waals surface area contributed by atoms with Crippen LogP contribution in [0.2, 0.25) is 0 Å². The number of pyridine rings is 1. The Kier molecular flexibility index (Phi) is 15.9. The molecule has 0 spiro atoms. The second kappa shape index (κ2) is 21.3. The molecule has 0 radical (unpaired) electrons. The van der Waals surface area contributed by atoms with E-state index in [1.165, 1.54) is 56.0 Å². The summed E-state index contributed by atoms with van der Waals surface area (Å²) in [6, 6.07) is 11.7. The molecule has 4 atom stereocenters. The molecule has 2 fully saturated rings. The second-order valence-electron chi connectivity index (χ2n) is 16.0. The van der Waals surface area contributed by atoms with Gasteiger partial charge >= 0.3 is 5.97 Å². The van der Waals surface area contributed by atoms with E-state index >= 15 is 0 Å². The van der Waals surface area contributed by atoms with Crippen LogP contribution in [0.1, 0.15) is 9.75 Å². The predicted octanol–water partition coefficient (Wildman–Crippen LogP) is -0.461. The molecule has 3 aromatic rings. The topological polar surface area (TPSA) is 223 Å². The third-order valence-corrected chi connectivity index (χ3v) is 14.4. The van der Waals surface area contributed by atoms with E-state index in [0.717, 1.165) is 9.75 Å². The van der Waals surface area contributed by atoms with Gasteiger partial charge in [-0.15, -0.1) is 46.2 Å². The van der Waals surface area contributed by atoms with Gasteiger partial charge < -0.3 is 44.9 Å². The van der Waals surface area contributed by atoms with Gasteiger partial charge in [0.05, 0.1) is 51.6 Å². The third kappa shape index (κ3) is 12.1. The Bertz CT molecular complexity index is 2360. The highest BCUT2D eigenvalue weighted by Gasteiger charge is 2.55. The molecule has 3 aromatic heterocycles. The summed E-state index contributed by atoms with van der Waals surface area (Å²) in [5.41, 5.74) is 1.31. The number of carbonyl (C=O) groups excluding carboxylic acids is 6. The summed E-state index contributed by atoms with van der Waals surface area (Å²) in [7, 11) is 5.40. The van der Waals surface area contributed by atoms with E-state index in [1.54, 1.807) is 21.1 Å². The fourth-order valence-corrected chi connectivity index (χ4v) is 11.3. The number of nitrogens with zero attached hydrogens (tertiary/aromatic N) is 5. The first kappa shape index (κ1) is 47.7. The minimum atomic E-state index is -1.37. The third-order valence-electron chi connectivity index (χ3n) is 9.99. The van der Waals surface area contributed by atoms with Gasteiger partial charge in [0.2, 0.25) is 11.8 Å². The highest BCUT2D eigenvalue weighted by atomic mass is 32.2. The number of amides is 4. The maximum Gasteiger partial charge on any atom is 0.352 e. The molecule has 17 nitrogen and oxygen atoms in total. The SMILES string of the molecule is C[N+](C)(C)CC(=O)[O-].O=C(Cc1cccs1)NC1C(=O)N2C(C(=O)O)=C(CN3C=CC=CC3)CS[C@H]12.O=C(Cc1cccs1)N[C@@H]1C(=O)N2C(C(=O)[O-])=C(C[n+]3ccccc3)CS[C@H]12. The number of hydrogen-bond donors (Lipinski definition) is 3. The van der Waals surface area contributed by atoms with Crippen LogP contribution in [-0.2, 0) is 52.9 Å². The van der Waals surface area contributed by atoms with E-state index in [9.17, 15) is 48.9 Å². The van der Waals surface area contributed by atoms with E-state index in [1.807, 2.05) is 99.5 Å². The van der Waals surface area contributed by atoms with Gasteiger partial charge in [-0.1, -0.05) is 30.4 Å². The fraction of sp³-hybridized carbons (Fsp3) is 0.349. The number of quaternary nitrogens is 1. The van der Waals surface area contributed by atoms with E-state index in [0.29, 0.717) is 46.8 Å². The van der Waals surface area contributed by atoms with Crippen LogP contribution in [-0.4, -0.2) is 141 Å². The van der Waals surface area contributed by atoms with Crippen LogP contribution in [0.15, 0.2) is 113 Å². The molecular formula is C43H47N7O10S4. The standard InChI is InChI=1S/C19H19N3O4S2.C19H17N3O4S2.C5H11NO2/c2*23-14(9-13-5-4-8-27-13)20-15-17(24)22-16(19(25)26)12(11-28-18(15)22)10-21-6-2-1-3-7-21;1-6(2,3)4-5(7)8/h1-6,8,15,18H,7,9-11H2,(H,20,23)(H,25,26);1-8,15,18H,9-11H2,(H-,20,23,25,26);4H2,1-3H3/t15?,18-;15-,18-;/m11./s1. The number of hydrogen-bond acceptors (Lipinski definition) is 14. The minimum Gasteiger partial charge on any atom is -0.544 e. The second-order valence-corrected chi connectivity index (χ2v) is 20.3. The van der Waals surface area contributed by atoms with Crippen LogP contribution in [0.4, 0.5) is 0 Å². The lowest BCUT2D eigenvalue weighted by atomic mass is 10.0. The van der Waals surface area contributed by atoms with E-state index < -0.39 is 41.3 Å². The Morgan fingerprint density at radius 3 is 1.77 bits per heavy atom. The molecule has 0 aliphatic carbocycles. The van der Waals surface area contributed by atoms with Gasteiger partial charge in [-0.2, -0.15) is 0 Å². The first-order valence-electron chi connectivity index (χ1n) is 19.9. The Morgan fingerprint density at radius 1 is 0.781 bits per heavy atom. The number of fused-ring (bicyclic) bond motifs is 2. The number of aromatic nitrogens is 1. The minimum absolute atomic E-state index is 0.0560. The van der Waals surface area contributed by atoms with Gasteiger partial charge in [-0.3, -0.25) is 29.0 Å². The van der Waals surface area contributed by atoms with Crippen LogP contribution in [0.5, 0.6) is 0 Å². The van der Waals surface area contributed by atoms with E-state index in [-0.39, 0.29) is 53.9 Å². The summed E-state index contributed by atoms with van der Waals surface area (Å²) >= 11 is 5.91. The van der Waals surface area contributed by atoms with Gasteiger partial charge in [0, 0.05) is 52.1 Å². The molecule has 4 amide bonds. The summed E-state index contributed by atoms with van der Waals surface area (Å²) in [4.78, 5) is 89.7. The lowest BCUT2D eigenvalue weighted by Gasteiger charge is -2.50. The van der Waals surface area contributed by atoms with Gasteiger partial charge in [-0.05, 0) is 40.7 Å². The molecule has 5 aliphatic heterocycles. The Labute approximate surface area is 386 Å². The van der Waals surface area contributed by atoms with Crippen LogP contribution in [0.25, 0.3) is 0 Å². The van der Waals surface area contributed by atoms with Crippen molar-refractivity contribution in [1.29, 1.82) is 0 Å². The van der Waals surface area contributed by atoms with Crippen LogP contribution in [0, 0.1) is 0 Å². The number of thiophene rings is 2. The van der Waals surface area contributed by atoms with Crippen LogP contribution < -0.4 is 25.4 Å². The van der Waals surface area contributed by atoms with E-state index in [2.05, 4.69) is 10.6 Å². The zero-order valence-electron chi connectivity index (χ0n) is 35.1. The number of β-lactam (4-membered cyclic amide) rings is 2. The van der Waals surface area contributed by atoms with Crippen molar-refractivity contribution in [1.82, 2.24) is 25.3 Å². The molecule has 8 rings (SSSR count). The van der Waals surface area contributed by atoms with Crippen molar-refractivity contribution >= 4 is 87.7 Å². The maximum absolute atomic E-state index is 12.7. The quantitative estimate of drug-likeness (QED) is 0.106. The summed E-state index contributed by atoms with van der Waals surface area (Å²) < 4.78 is 2.27.